The van der Waals surface area contributed by atoms with Gasteiger partial charge in [0.25, 0.3) is 0 Å². The Kier molecular flexibility index (Phi) is 5.12. The molecule has 28 heavy (non-hydrogen) atoms. The molecule has 0 saturated heterocycles. The number of nitrogens with zero attached hydrogens (tertiary/aromatic N) is 3. The predicted molar refractivity (Wildman–Crippen MR) is 103 cm³/mol. The van der Waals surface area contributed by atoms with E-state index in [2.05, 4.69) is 20.7 Å². The van der Waals surface area contributed by atoms with Crippen molar-refractivity contribution in [3.8, 4) is 11.5 Å². The highest BCUT2D eigenvalue weighted by Gasteiger charge is 2.23. The van der Waals surface area contributed by atoms with Gasteiger partial charge in [0.05, 0.1) is 24.0 Å². The zero-order valence-electron chi connectivity index (χ0n) is 14.9. The Morgan fingerprint density at radius 2 is 2.00 bits per heavy atom. The Morgan fingerprint density at radius 3 is 2.75 bits per heavy atom. The lowest BCUT2D eigenvalue weighted by Gasteiger charge is -2.03. The first-order chi connectivity index (χ1) is 13.5. The third-order valence-electron chi connectivity index (χ3n) is 4.15. The van der Waals surface area contributed by atoms with Gasteiger partial charge in [-0.15, -0.1) is 0 Å². The molecule has 1 aromatic carbocycles. The lowest BCUT2D eigenvalue weighted by atomic mass is 10.2. The van der Waals surface area contributed by atoms with Gasteiger partial charge in [0.2, 0.25) is 17.7 Å². The van der Waals surface area contributed by atoms with E-state index in [4.69, 9.17) is 16.0 Å². The van der Waals surface area contributed by atoms with Gasteiger partial charge in [-0.05, 0) is 37.1 Å². The van der Waals surface area contributed by atoms with Crippen LogP contribution in [0.25, 0.3) is 11.5 Å². The average Bonchev–Trinajstić information content (AvgIpc) is 3.16. The Hall–Kier alpha value is -3.13. The molecule has 0 spiro atoms. The van der Waals surface area contributed by atoms with Crippen LogP contribution in [-0.4, -0.2) is 32.6 Å². The number of rotatable bonds is 7. The second-order valence-electron chi connectivity index (χ2n) is 6.64. The highest BCUT2D eigenvalue weighted by Crippen LogP contribution is 2.21. The molecule has 2 heterocycles. The summed E-state index contributed by atoms with van der Waals surface area (Å²) < 4.78 is 6.92. The van der Waals surface area contributed by atoms with Gasteiger partial charge in [0, 0.05) is 22.8 Å². The average molecular weight is 400 g/mol. The zero-order chi connectivity index (χ0) is 19.5. The van der Waals surface area contributed by atoms with Gasteiger partial charge in [0.1, 0.15) is 12.8 Å². The minimum atomic E-state index is -0.252. The highest BCUT2D eigenvalue weighted by atomic mass is 35.5. The molecule has 1 saturated carbocycles. The summed E-state index contributed by atoms with van der Waals surface area (Å²) in [5.74, 6) is 0.0905. The van der Waals surface area contributed by atoms with E-state index in [1.54, 1.807) is 30.5 Å². The molecule has 9 heteroatoms. The van der Waals surface area contributed by atoms with Crippen LogP contribution in [0, 0.1) is 0 Å². The van der Waals surface area contributed by atoms with Crippen LogP contribution in [0.5, 0.6) is 0 Å². The fourth-order valence-electron chi connectivity index (χ4n) is 2.65. The van der Waals surface area contributed by atoms with E-state index in [1.807, 2.05) is 0 Å². The molecule has 0 bridgehead atoms. The number of halogens is 1. The SMILES string of the molecule is O=C(Cc1coc(-c2ccc(Cl)cc2)n1)Nc1cnn(CC(=O)NC2CC2)c1. The molecule has 0 radical (unpaired) electrons. The molecular formula is C19H18ClN5O3. The molecule has 0 unspecified atom stereocenters. The summed E-state index contributed by atoms with van der Waals surface area (Å²) in [6, 6.07) is 7.39. The first-order valence-corrected chi connectivity index (χ1v) is 9.25. The maximum Gasteiger partial charge on any atom is 0.241 e. The number of carbonyl (C=O) groups excluding carboxylic acids is 2. The largest absolute Gasteiger partial charge is 0.444 e. The van der Waals surface area contributed by atoms with Gasteiger partial charge in [-0.25, -0.2) is 4.98 Å². The third kappa shape index (κ3) is 4.77. The molecule has 0 aliphatic heterocycles. The fraction of sp³-hybridized carbons (Fsp3) is 0.263. The molecule has 1 fully saturated rings. The molecule has 2 amide bonds. The van der Waals surface area contributed by atoms with E-state index >= 15 is 0 Å². The minimum absolute atomic E-state index is 0.0600. The molecule has 2 aromatic heterocycles. The van der Waals surface area contributed by atoms with E-state index in [0.717, 1.165) is 18.4 Å². The van der Waals surface area contributed by atoms with Crippen LogP contribution >= 0.6 is 11.6 Å². The normalized spacial score (nSPS) is 13.3. The van der Waals surface area contributed by atoms with E-state index in [0.29, 0.717) is 28.3 Å². The standard InChI is InChI=1S/C19H18ClN5O3/c20-13-3-1-12(2-4-13)19-24-15(11-28-19)7-17(26)23-16-8-21-25(9-16)10-18(27)22-14-5-6-14/h1-4,8-9,11,14H,5-7,10H2,(H,22,27)(H,23,26). The molecule has 1 aliphatic carbocycles. The molecule has 144 valence electrons. The molecule has 0 atom stereocenters. The fourth-order valence-corrected chi connectivity index (χ4v) is 2.77. The van der Waals surface area contributed by atoms with Crippen molar-refractivity contribution in [1.29, 1.82) is 0 Å². The Labute approximate surface area is 165 Å². The number of hydrogen-bond acceptors (Lipinski definition) is 5. The maximum absolute atomic E-state index is 12.2. The Balaban J connectivity index is 1.31. The van der Waals surface area contributed by atoms with Crippen molar-refractivity contribution >= 4 is 29.1 Å². The van der Waals surface area contributed by atoms with Crippen molar-refractivity contribution in [2.24, 2.45) is 0 Å². The zero-order valence-corrected chi connectivity index (χ0v) is 15.6. The van der Waals surface area contributed by atoms with Gasteiger partial charge < -0.3 is 15.1 Å². The second-order valence-corrected chi connectivity index (χ2v) is 7.08. The number of benzene rings is 1. The summed E-state index contributed by atoms with van der Waals surface area (Å²) in [7, 11) is 0. The van der Waals surface area contributed by atoms with Crippen molar-refractivity contribution in [2.75, 3.05) is 5.32 Å². The molecule has 1 aliphatic rings. The first kappa shape index (κ1) is 18.2. The van der Waals surface area contributed by atoms with E-state index < -0.39 is 0 Å². The van der Waals surface area contributed by atoms with Crippen LogP contribution in [-0.2, 0) is 22.6 Å². The van der Waals surface area contributed by atoms with E-state index in [-0.39, 0.29) is 24.8 Å². The van der Waals surface area contributed by atoms with Crippen LogP contribution in [0.4, 0.5) is 5.69 Å². The van der Waals surface area contributed by atoms with Gasteiger partial charge in [-0.1, -0.05) is 11.6 Å². The number of anilines is 1. The predicted octanol–water partition coefficient (Wildman–Crippen LogP) is 2.65. The number of aromatic nitrogens is 3. The molecule has 8 nitrogen and oxygen atoms in total. The smallest absolute Gasteiger partial charge is 0.241 e. The number of nitrogens with one attached hydrogen (secondary N) is 2. The van der Waals surface area contributed by atoms with Crippen LogP contribution in [0.1, 0.15) is 18.5 Å². The van der Waals surface area contributed by atoms with E-state index in [1.165, 1.54) is 17.1 Å². The van der Waals surface area contributed by atoms with Crippen LogP contribution in [0.15, 0.2) is 47.3 Å². The van der Waals surface area contributed by atoms with Crippen molar-refractivity contribution in [3.63, 3.8) is 0 Å². The molecular weight excluding hydrogens is 382 g/mol. The van der Waals surface area contributed by atoms with Crippen molar-refractivity contribution in [3.05, 3.63) is 53.6 Å². The minimum Gasteiger partial charge on any atom is -0.444 e. The van der Waals surface area contributed by atoms with Gasteiger partial charge in [-0.3, -0.25) is 14.3 Å². The molecule has 2 N–H and O–H groups in total. The second kappa shape index (κ2) is 7.85. The summed E-state index contributed by atoms with van der Waals surface area (Å²) in [6.45, 7) is 0.125. The first-order valence-electron chi connectivity index (χ1n) is 8.87. The van der Waals surface area contributed by atoms with Crippen LogP contribution < -0.4 is 10.6 Å². The number of carbonyl (C=O) groups is 2. The third-order valence-corrected chi connectivity index (χ3v) is 4.40. The Bertz CT molecular complexity index is 991. The quantitative estimate of drug-likeness (QED) is 0.635. The van der Waals surface area contributed by atoms with Crippen LogP contribution in [0.3, 0.4) is 0 Å². The topological polar surface area (TPSA) is 102 Å². The Morgan fingerprint density at radius 1 is 1.21 bits per heavy atom. The molecule has 3 aromatic rings. The highest BCUT2D eigenvalue weighted by molar-refractivity contribution is 6.30. The van der Waals surface area contributed by atoms with Crippen molar-refractivity contribution in [2.45, 2.75) is 31.8 Å². The van der Waals surface area contributed by atoms with Crippen LogP contribution in [0.2, 0.25) is 5.02 Å². The summed E-state index contributed by atoms with van der Waals surface area (Å²) in [4.78, 5) is 28.3. The van der Waals surface area contributed by atoms with Gasteiger partial charge >= 0.3 is 0 Å². The van der Waals surface area contributed by atoms with Crippen molar-refractivity contribution < 1.29 is 14.0 Å². The summed E-state index contributed by atoms with van der Waals surface area (Å²) >= 11 is 5.87. The lowest BCUT2D eigenvalue weighted by Crippen LogP contribution is -2.29. The summed E-state index contributed by atoms with van der Waals surface area (Å²) in [5, 5.41) is 10.3. The number of hydrogen-bond donors (Lipinski definition) is 2. The summed E-state index contributed by atoms with van der Waals surface area (Å²) in [6.07, 6.45) is 6.71. The van der Waals surface area contributed by atoms with Gasteiger partial charge in [-0.2, -0.15) is 5.10 Å². The number of amides is 2. The maximum atomic E-state index is 12.2. The monoisotopic (exact) mass is 399 g/mol. The van der Waals surface area contributed by atoms with E-state index in [9.17, 15) is 9.59 Å². The number of oxazole rings is 1. The lowest BCUT2D eigenvalue weighted by molar-refractivity contribution is -0.122. The summed E-state index contributed by atoms with van der Waals surface area (Å²) in [5.41, 5.74) is 1.81. The molecule has 4 rings (SSSR count). The van der Waals surface area contributed by atoms with Crippen molar-refractivity contribution in [1.82, 2.24) is 20.1 Å². The van der Waals surface area contributed by atoms with Gasteiger partial charge in [0.15, 0.2) is 0 Å².